The van der Waals surface area contributed by atoms with Crippen LogP contribution in [-0.2, 0) is 14.8 Å². The fraction of sp³-hybridized carbons (Fsp3) is 0.136. The van der Waals surface area contributed by atoms with E-state index in [-0.39, 0.29) is 4.90 Å². The van der Waals surface area contributed by atoms with E-state index in [1.54, 1.807) is 31.2 Å². The highest BCUT2D eigenvalue weighted by molar-refractivity contribution is 7.92. The van der Waals surface area contributed by atoms with Gasteiger partial charge in [-0.25, -0.2) is 12.8 Å². The molecule has 9 heteroatoms. The van der Waals surface area contributed by atoms with E-state index in [4.69, 9.17) is 16.3 Å². The van der Waals surface area contributed by atoms with Crippen LogP contribution in [0.25, 0.3) is 0 Å². The van der Waals surface area contributed by atoms with E-state index >= 15 is 0 Å². The predicted octanol–water partition coefficient (Wildman–Crippen LogP) is 5.08. The normalized spacial score (nSPS) is 12.1. The molecule has 1 atom stereocenters. The van der Waals surface area contributed by atoms with Crippen LogP contribution in [0, 0.1) is 5.82 Å². The first-order chi connectivity index (χ1) is 14.8. The Kier molecular flexibility index (Phi) is 7.14. The van der Waals surface area contributed by atoms with E-state index in [9.17, 15) is 17.6 Å². The second-order valence-electron chi connectivity index (χ2n) is 6.59. The number of hydrogen-bond donors (Lipinski definition) is 2. The number of nitrogens with one attached hydrogen (secondary N) is 2. The number of carbonyl (C=O) groups excluding carboxylic acids is 1. The molecule has 3 rings (SSSR count). The van der Waals surface area contributed by atoms with Gasteiger partial charge in [-0.2, -0.15) is 0 Å². The molecule has 2 N–H and O–H groups in total. The second-order valence-corrected chi connectivity index (χ2v) is 8.71. The van der Waals surface area contributed by atoms with Crippen molar-refractivity contribution in [3.8, 4) is 5.75 Å². The second kappa shape index (κ2) is 9.80. The molecule has 0 unspecified atom stereocenters. The van der Waals surface area contributed by atoms with Crippen LogP contribution in [0.2, 0.25) is 5.02 Å². The van der Waals surface area contributed by atoms with E-state index in [1.165, 1.54) is 48.5 Å². The first kappa shape index (κ1) is 22.6. The van der Waals surface area contributed by atoms with Crippen LogP contribution in [0.4, 0.5) is 15.8 Å². The topological polar surface area (TPSA) is 84.5 Å². The lowest BCUT2D eigenvalue weighted by Gasteiger charge is -2.17. The molecule has 0 aliphatic carbocycles. The molecule has 0 saturated heterocycles. The van der Waals surface area contributed by atoms with Gasteiger partial charge in [-0.05, 0) is 79.2 Å². The Morgan fingerprint density at radius 2 is 1.55 bits per heavy atom. The zero-order valence-corrected chi connectivity index (χ0v) is 18.1. The zero-order valence-electron chi connectivity index (χ0n) is 16.5. The molecule has 0 spiro atoms. The van der Waals surface area contributed by atoms with Crippen molar-refractivity contribution in [3.05, 3.63) is 83.6 Å². The average molecular weight is 463 g/mol. The number of rotatable bonds is 8. The summed E-state index contributed by atoms with van der Waals surface area (Å²) in [7, 11) is -3.80. The minimum absolute atomic E-state index is 0.0371. The quantitative estimate of drug-likeness (QED) is 0.489. The first-order valence-corrected chi connectivity index (χ1v) is 11.2. The number of amides is 1. The zero-order chi connectivity index (χ0) is 22.4. The molecule has 6 nitrogen and oxygen atoms in total. The van der Waals surface area contributed by atoms with Crippen LogP contribution in [0.3, 0.4) is 0 Å². The molecule has 0 heterocycles. The van der Waals surface area contributed by atoms with Crippen LogP contribution in [0.1, 0.15) is 13.3 Å². The smallest absolute Gasteiger partial charge is 0.265 e. The van der Waals surface area contributed by atoms with Gasteiger partial charge in [-0.3, -0.25) is 9.52 Å². The Morgan fingerprint density at radius 3 is 2.13 bits per heavy atom. The average Bonchev–Trinajstić information content (AvgIpc) is 2.75. The van der Waals surface area contributed by atoms with Crippen LogP contribution >= 0.6 is 11.6 Å². The van der Waals surface area contributed by atoms with Gasteiger partial charge in [-0.15, -0.1) is 0 Å². The molecule has 1 amide bonds. The summed E-state index contributed by atoms with van der Waals surface area (Å²) >= 11 is 5.81. The fourth-order valence-electron chi connectivity index (χ4n) is 2.67. The van der Waals surface area contributed by atoms with Gasteiger partial charge >= 0.3 is 0 Å². The van der Waals surface area contributed by atoms with Gasteiger partial charge in [0, 0.05) is 16.4 Å². The third-order valence-corrected chi connectivity index (χ3v) is 5.93. The number of halogens is 2. The molecule has 0 fully saturated rings. The van der Waals surface area contributed by atoms with Crippen molar-refractivity contribution in [1.82, 2.24) is 0 Å². The van der Waals surface area contributed by atoms with Gasteiger partial charge in [0.05, 0.1) is 4.90 Å². The van der Waals surface area contributed by atoms with E-state index in [1.807, 2.05) is 0 Å². The van der Waals surface area contributed by atoms with E-state index in [2.05, 4.69) is 10.0 Å². The van der Waals surface area contributed by atoms with Crippen LogP contribution in [-0.4, -0.2) is 20.4 Å². The highest BCUT2D eigenvalue weighted by Gasteiger charge is 2.19. The first-order valence-electron chi connectivity index (χ1n) is 9.38. The van der Waals surface area contributed by atoms with Gasteiger partial charge in [-0.1, -0.05) is 18.5 Å². The van der Waals surface area contributed by atoms with Crippen molar-refractivity contribution in [2.75, 3.05) is 10.0 Å². The third-order valence-electron chi connectivity index (χ3n) is 4.28. The number of benzene rings is 3. The van der Waals surface area contributed by atoms with E-state index in [0.717, 1.165) is 0 Å². The SMILES string of the molecule is CC[C@H](Oc1ccc(F)cc1)C(=O)Nc1ccc(S(=O)(=O)Nc2ccc(Cl)cc2)cc1. The maximum atomic E-state index is 13.0. The monoisotopic (exact) mass is 462 g/mol. The van der Waals surface area contributed by atoms with Gasteiger partial charge in [0.2, 0.25) is 0 Å². The molecular formula is C22H20ClFN2O4S. The molecule has 0 saturated carbocycles. The van der Waals surface area contributed by atoms with Crippen LogP contribution in [0.5, 0.6) is 5.75 Å². The molecule has 31 heavy (non-hydrogen) atoms. The Bertz CT molecular complexity index is 1140. The summed E-state index contributed by atoms with van der Waals surface area (Å²) in [4.78, 5) is 12.6. The Balaban J connectivity index is 1.65. The van der Waals surface area contributed by atoms with E-state index in [0.29, 0.717) is 28.6 Å². The predicted molar refractivity (Wildman–Crippen MR) is 118 cm³/mol. The van der Waals surface area contributed by atoms with Gasteiger partial charge in [0.15, 0.2) is 6.10 Å². The Morgan fingerprint density at radius 1 is 0.968 bits per heavy atom. The molecule has 0 radical (unpaired) electrons. The van der Waals surface area contributed by atoms with E-state index < -0.39 is 27.9 Å². The van der Waals surface area contributed by atoms with Crippen LogP contribution in [0.15, 0.2) is 77.7 Å². The fourth-order valence-corrected chi connectivity index (χ4v) is 3.86. The summed E-state index contributed by atoms with van der Waals surface area (Å²) in [5.74, 6) is -0.426. The lowest BCUT2D eigenvalue weighted by atomic mass is 10.2. The highest BCUT2D eigenvalue weighted by atomic mass is 35.5. The number of hydrogen-bond acceptors (Lipinski definition) is 4. The minimum atomic E-state index is -3.80. The molecule has 162 valence electrons. The number of carbonyl (C=O) groups is 1. The Hall–Kier alpha value is -3.10. The summed E-state index contributed by atoms with van der Waals surface area (Å²) in [6.45, 7) is 1.78. The third kappa shape index (κ3) is 6.19. The van der Waals surface area contributed by atoms with Gasteiger partial charge in [0.25, 0.3) is 15.9 Å². The van der Waals surface area contributed by atoms with Crippen molar-refractivity contribution < 1.29 is 22.3 Å². The maximum Gasteiger partial charge on any atom is 0.265 e. The largest absolute Gasteiger partial charge is 0.481 e. The van der Waals surface area contributed by atoms with Crippen molar-refractivity contribution >= 4 is 38.9 Å². The van der Waals surface area contributed by atoms with Crippen molar-refractivity contribution in [2.24, 2.45) is 0 Å². The van der Waals surface area contributed by atoms with Gasteiger partial charge in [0.1, 0.15) is 11.6 Å². The van der Waals surface area contributed by atoms with Crippen molar-refractivity contribution in [1.29, 1.82) is 0 Å². The number of anilines is 2. The number of ether oxygens (including phenoxy) is 1. The highest BCUT2D eigenvalue weighted by Crippen LogP contribution is 2.21. The molecular weight excluding hydrogens is 443 g/mol. The lowest BCUT2D eigenvalue weighted by molar-refractivity contribution is -0.122. The Labute approximate surface area is 185 Å². The van der Waals surface area contributed by atoms with Crippen LogP contribution < -0.4 is 14.8 Å². The summed E-state index contributed by atoms with van der Waals surface area (Å²) in [6, 6.07) is 17.4. The van der Waals surface area contributed by atoms with Gasteiger partial charge < -0.3 is 10.1 Å². The molecule has 3 aromatic carbocycles. The molecule has 3 aromatic rings. The van der Waals surface area contributed by atoms with Crippen molar-refractivity contribution in [2.45, 2.75) is 24.3 Å². The summed E-state index contributed by atoms with van der Waals surface area (Å²) in [5.41, 5.74) is 0.794. The molecule has 0 aliphatic heterocycles. The molecule has 0 aromatic heterocycles. The minimum Gasteiger partial charge on any atom is -0.481 e. The lowest BCUT2D eigenvalue weighted by Crippen LogP contribution is -2.32. The summed E-state index contributed by atoms with van der Waals surface area (Å²) in [5, 5.41) is 3.19. The standard InChI is InChI=1S/C22H20ClFN2O4S/c1-2-21(30-19-11-5-16(24)6-12-19)22(27)25-17-9-13-20(14-10-17)31(28,29)26-18-7-3-15(23)4-8-18/h3-14,21,26H,2H2,1H3,(H,25,27)/t21-/m0/s1. The maximum absolute atomic E-state index is 13.0. The molecule has 0 bridgehead atoms. The summed E-state index contributed by atoms with van der Waals surface area (Å²) in [6.07, 6.45) is -0.402. The van der Waals surface area contributed by atoms with Crippen molar-refractivity contribution in [3.63, 3.8) is 0 Å². The number of sulfonamides is 1. The molecule has 0 aliphatic rings. The summed E-state index contributed by atoms with van der Waals surface area (Å²) < 4.78 is 46.1.